The second-order valence-electron chi connectivity index (χ2n) is 17.0. The van der Waals surface area contributed by atoms with Gasteiger partial charge in [0.2, 0.25) is 0 Å². The zero-order valence-corrected chi connectivity index (χ0v) is 45.4. The first-order chi connectivity index (χ1) is 26.2. The molecule has 7 nitrogen and oxygen atoms in total. The largest absolute Gasteiger partial charge is 1.00 e. The number of fused-ring (bicyclic) bond motifs is 3. The number of hydrogen-bond acceptors (Lipinski definition) is 7. The maximum atomic E-state index is 8.64. The van der Waals surface area contributed by atoms with Crippen molar-refractivity contribution in [3.8, 4) is 0 Å². The smallest absolute Gasteiger partial charge is 1.00 e. The first-order valence-electron chi connectivity index (χ1n) is 22.8. The molecule has 3 saturated carbocycles. The Balaban J connectivity index is 0.000000829. The normalized spacial score (nSPS) is 28.6. The number of carbonyl (C=O) groups excluding carboxylic acids is 1. The van der Waals surface area contributed by atoms with Gasteiger partial charge in [0.05, 0.1) is 0 Å². The minimum atomic E-state index is -0.181. The Kier molecular flexibility index (Phi) is 40.2. The molecule has 0 spiro atoms. The Morgan fingerprint density at radius 3 is 1.44 bits per heavy atom. The van der Waals surface area contributed by atoms with Gasteiger partial charge < -0.3 is 31.4 Å². The van der Waals surface area contributed by atoms with E-state index in [4.69, 9.17) is 14.8 Å². The van der Waals surface area contributed by atoms with Gasteiger partial charge >= 0.3 is 103 Å². The van der Waals surface area contributed by atoms with E-state index >= 15 is 0 Å². The van der Waals surface area contributed by atoms with Crippen LogP contribution in [0.2, 0.25) is 0 Å². The van der Waals surface area contributed by atoms with Crippen molar-refractivity contribution in [2.45, 2.75) is 198 Å². The summed E-state index contributed by atoms with van der Waals surface area (Å²) in [5, 5.41) is 14.4. The Morgan fingerprint density at radius 1 is 0.582 bits per heavy atom. The van der Waals surface area contributed by atoms with Crippen LogP contribution in [0, 0.1) is 17.8 Å². The van der Waals surface area contributed by atoms with Crippen molar-refractivity contribution in [3.05, 3.63) is 0 Å². The molecule has 7 rings (SSSR count). The van der Waals surface area contributed by atoms with Gasteiger partial charge in [0.15, 0.2) is 0 Å². The average Bonchev–Trinajstić information content (AvgIpc) is 3.83. The molecule has 0 aromatic rings. The minimum Gasteiger partial charge on any atom is -1.00 e. The van der Waals surface area contributed by atoms with Crippen LogP contribution in [0.3, 0.4) is 0 Å². The molecule has 0 aromatic heterocycles. The fourth-order valence-electron chi connectivity index (χ4n) is 10.5. The molecule has 1 N–H and O–H groups in total. The summed E-state index contributed by atoms with van der Waals surface area (Å²) in [6.07, 6.45) is 40.7. The molecule has 314 valence electrons. The predicted octanol–water partition coefficient (Wildman–Crippen LogP) is 4.47. The van der Waals surface area contributed by atoms with E-state index in [-0.39, 0.29) is 111 Å². The van der Waals surface area contributed by atoms with E-state index in [0.29, 0.717) is 0 Å². The Morgan fingerprint density at radius 2 is 1.00 bits per heavy atom. The molecule has 3 aliphatic carbocycles. The van der Waals surface area contributed by atoms with Crippen LogP contribution >= 0.6 is 31.9 Å². The van der Waals surface area contributed by atoms with Gasteiger partial charge in [0, 0.05) is 42.0 Å². The third-order valence-corrected chi connectivity index (χ3v) is 14.4. The number of hydrogen-bond donors (Lipinski definition) is 1. The van der Waals surface area contributed by atoms with Gasteiger partial charge in [-0.05, 0) is 166 Å². The van der Waals surface area contributed by atoms with Crippen molar-refractivity contribution in [1.29, 1.82) is 0 Å². The summed E-state index contributed by atoms with van der Waals surface area (Å²) in [6, 6.07) is 2.84. The number of alkyl halides is 2. The predicted molar refractivity (Wildman–Crippen MR) is 229 cm³/mol. The van der Waals surface area contributed by atoms with Crippen LogP contribution in [0.25, 0.3) is 0 Å². The van der Waals surface area contributed by atoms with Gasteiger partial charge in [-0.1, -0.05) is 96.1 Å². The third-order valence-electron chi connectivity index (χ3n) is 13.3. The van der Waals surface area contributed by atoms with E-state index in [9.17, 15) is 0 Å². The number of unbranched alkanes of at least 4 members (excludes halogenated alkanes) is 6. The van der Waals surface area contributed by atoms with Crippen molar-refractivity contribution < 1.29 is 124 Å². The number of piperidine rings is 3. The quantitative estimate of drug-likeness (QED) is 0.0731. The SMILES string of the molecule is BrCCCCCCBr.C(CCCN1CCCC2CCCCC21)CCN1CCCC2CCCCC21.C1CCC2NCCCC2C1.C1CCOC1.O=CO[O-].[H-].[K+].[K+]. The topological polar surface area (TPSA) is 77.1 Å². The van der Waals surface area contributed by atoms with E-state index in [1.54, 1.807) is 0 Å². The first-order valence-corrected chi connectivity index (χ1v) is 25.1. The third kappa shape index (κ3) is 25.4. The van der Waals surface area contributed by atoms with E-state index in [2.05, 4.69) is 51.9 Å². The molecule has 0 amide bonds. The van der Waals surface area contributed by atoms with Gasteiger partial charge in [-0.25, -0.2) is 0 Å². The van der Waals surface area contributed by atoms with Crippen molar-refractivity contribution >= 4 is 38.3 Å². The molecule has 7 fully saturated rings. The summed E-state index contributed by atoms with van der Waals surface area (Å²) in [5.41, 5.74) is 0. The molecule has 11 heteroatoms. The summed E-state index contributed by atoms with van der Waals surface area (Å²) < 4.78 is 4.94. The maximum absolute atomic E-state index is 8.64. The molecule has 55 heavy (non-hydrogen) atoms. The second-order valence-corrected chi connectivity index (χ2v) is 18.6. The number of likely N-dealkylation sites (tertiary alicyclic amines) is 2. The molecule has 6 atom stereocenters. The van der Waals surface area contributed by atoms with Gasteiger partial charge in [-0.2, -0.15) is 0 Å². The number of rotatable bonds is 13. The van der Waals surface area contributed by atoms with E-state index in [1.807, 2.05) is 0 Å². The molecule has 4 aliphatic heterocycles. The minimum absolute atomic E-state index is 0. The first kappa shape index (κ1) is 56.5. The average molecular weight is 956 g/mol. The Labute approximate surface area is 443 Å². The van der Waals surface area contributed by atoms with Crippen LogP contribution in [0.1, 0.15) is 181 Å². The van der Waals surface area contributed by atoms with Crippen LogP contribution in [0.4, 0.5) is 0 Å². The number of halogens is 2. The molecule has 0 radical (unpaired) electrons. The fraction of sp³-hybridized carbons (Fsp3) is 0.977. The number of nitrogens with one attached hydrogen (secondary N) is 1. The summed E-state index contributed by atoms with van der Waals surface area (Å²) >= 11 is 6.78. The molecule has 4 saturated heterocycles. The molecular formula is C44H83Br2K2N3O4. The standard InChI is InChI=1S/C24H44N2.C9H17N.C6H12Br2.C4H8O.CH2O3.2K.H/c1(7-17-25-19-9-13-21-11-3-5-15-23(21)25)2-8-18-26-20-10-14-22-12-4-6-16-24(22)26;1-2-6-9-8(4-1)5-3-7-10-9;7-5-3-1-2-4-6-8;1-2-4-5-3-1;2-1-4-3;;;/h21-24H,1-20H2;8-10H,1-7H2;1-6H2;1-4H2;1,3H;;;/q;;;;;2*+1;-1/p-1. The monoisotopic (exact) mass is 953 g/mol. The van der Waals surface area contributed by atoms with Gasteiger partial charge in [0.1, 0.15) is 0 Å². The molecule has 0 bridgehead atoms. The fourth-order valence-corrected chi connectivity index (χ4v) is 11.3. The molecule has 4 heterocycles. The van der Waals surface area contributed by atoms with E-state index in [0.717, 1.165) is 59.8 Å². The second kappa shape index (κ2) is 39.1. The van der Waals surface area contributed by atoms with Gasteiger partial charge in [0.25, 0.3) is 6.47 Å². The van der Waals surface area contributed by atoms with Crippen molar-refractivity contribution in [1.82, 2.24) is 15.1 Å². The zero-order chi connectivity index (χ0) is 37.6. The van der Waals surface area contributed by atoms with Crippen LogP contribution in [0.15, 0.2) is 0 Å². The molecular weight excluding hydrogens is 873 g/mol. The van der Waals surface area contributed by atoms with Crippen molar-refractivity contribution in [2.75, 3.05) is 56.6 Å². The van der Waals surface area contributed by atoms with E-state index < -0.39 is 0 Å². The Bertz CT molecular complexity index is 793. The number of nitrogens with zero attached hydrogens (tertiary/aromatic N) is 2. The van der Waals surface area contributed by atoms with Crippen molar-refractivity contribution in [3.63, 3.8) is 0 Å². The van der Waals surface area contributed by atoms with Crippen LogP contribution in [0.5, 0.6) is 0 Å². The van der Waals surface area contributed by atoms with Crippen LogP contribution in [-0.2, 0) is 14.4 Å². The zero-order valence-electron chi connectivity index (χ0n) is 37.0. The number of carbonyl (C=O) groups is 1. The van der Waals surface area contributed by atoms with Crippen LogP contribution in [-0.4, -0.2) is 91.0 Å². The van der Waals surface area contributed by atoms with Crippen molar-refractivity contribution in [2.24, 2.45) is 17.8 Å². The summed E-state index contributed by atoms with van der Waals surface area (Å²) in [4.78, 5) is 17.0. The van der Waals surface area contributed by atoms with Gasteiger partial charge in [-0.3, -0.25) is 4.79 Å². The molecule has 0 aromatic carbocycles. The summed E-state index contributed by atoms with van der Waals surface area (Å²) in [5.74, 6) is 3.16. The van der Waals surface area contributed by atoms with E-state index in [1.165, 1.54) is 213 Å². The summed E-state index contributed by atoms with van der Waals surface area (Å²) in [7, 11) is 0. The number of ether oxygens (including phenoxy) is 1. The molecule has 6 unspecified atom stereocenters. The Hall–Kier alpha value is 3.50. The summed E-state index contributed by atoms with van der Waals surface area (Å²) in [6.45, 7) is 8.70. The van der Waals surface area contributed by atoms with Crippen LogP contribution < -0.4 is 113 Å². The van der Waals surface area contributed by atoms with Gasteiger partial charge in [-0.15, -0.1) is 0 Å². The molecule has 7 aliphatic rings. The maximum Gasteiger partial charge on any atom is 1.00 e.